The van der Waals surface area contributed by atoms with E-state index in [2.05, 4.69) is 0 Å². The fourth-order valence-electron chi connectivity index (χ4n) is 0.918. The number of hydrogen-bond acceptors (Lipinski definition) is 2. The van der Waals surface area contributed by atoms with Gasteiger partial charge in [-0.1, -0.05) is 40.3 Å². The molecule has 0 spiro atoms. The smallest absolute Gasteiger partial charge is 0.0453 e. The van der Waals surface area contributed by atoms with Crippen molar-refractivity contribution >= 4 is 34.3 Å². The van der Waals surface area contributed by atoms with Crippen LogP contribution in [0.1, 0.15) is 5.56 Å². The van der Waals surface area contributed by atoms with Crippen LogP contribution >= 0.6 is 23.2 Å². The van der Waals surface area contributed by atoms with Gasteiger partial charge in [0.05, 0.1) is 0 Å². The average molecular weight is 238 g/mol. The van der Waals surface area contributed by atoms with Crippen molar-refractivity contribution in [2.75, 3.05) is 5.75 Å². The van der Waals surface area contributed by atoms with Gasteiger partial charge in [0.15, 0.2) is 0 Å². The third kappa shape index (κ3) is 3.65. The highest BCUT2D eigenvalue weighted by molar-refractivity contribution is 7.79. The number of hydrogen-bond donors (Lipinski definition) is 0. The molecule has 0 aromatic heterocycles. The summed E-state index contributed by atoms with van der Waals surface area (Å²) in [4.78, 5) is 0. The predicted octanol–water partition coefficient (Wildman–Crippen LogP) is 2.42. The summed E-state index contributed by atoms with van der Waals surface area (Å²) in [6, 6.07) is 5.03. The molecule has 1 atom stereocenters. The lowest BCUT2D eigenvalue weighted by Crippen LogP contribution is -1.99. The zero-order valence-corrected chi connectivity index (χ0v) is 8.96. The van der Waals surface area contributed by atoms with Crippen LogP contribution in [-0.2, 0) is 17.5 Å². The minimum absolute atomic E-state index is 0.0847. The molecule has 0 heterocycles. The Morgan fingerprint density at radius 3 is 2.62 bits per heavy atom. The molecule has 0 fully saturated rings. The van der Waals surface area contributed by atoms with Gasteiger partial charge in [-0.15, -0.1) is 0 Å². The molecule has 0 aliphatic rings. The maximum Gasteiger partial charge on any atom is 0.0453 e. The molecule has 1 aromatic carbocycles. The van der Waals surface area contributed by atoms with Gasteiger partial charge in [-0.2, -0.15) is 0 Å². The monoisotopic (exact) mass is 237 g/mol. The van der Waals surface area contributed by atoms with E-state index in [1.165, 1.54) is 0 Å². The second kappa shape index (κ2) is 4.96. The Morgan fingerprint density at radius 2 is 2.08 bits per heavy atom. The standard InChI is InChI=1S/C8H8Cl2O2S/c9-7-2-1-6(8(10)5-7)3-4-13(11)12/h1-2,5H,3-4H2,(H,11,12)/p-1. The van der Waals surface area contributed by atoms with E-state index >= 15 is 0 Å². The first kappa shape index (κ1) is 11.0. The highest BCUT2D eigenvalue weighted by Gasteiger charge is 2.00. The second-order valence-electron chi connectivity index (χ2n) is 2.49. The van der Waals surface area contributed by atoms with Gasteiger partial charge in [0.1, 0.15) is 0 Å². The Kier molecular flexibility index (Phi) is 4.19. The molecule has 72 valence electrons. The van der Waals surface area contributed by atoms with E-state index in [9.17, 15) is 8.76 Å². The summed E-state index contributed by atoms with van der Waals surface area (Å²) in [5, 5.41) is 1.06. The van der Waals surface area contributed by atoms with Crippen LogP contribution in [0.4, 0.5) is 0 Å². The van der Waals surface area contributed by atoms with Crippen molar-refractivity contribution in [1.29, 1.82) is 0 Å². The highest BCUT2D eigenvalue weighted by Crippen LogP contribution is 2.21. The quantitative estimate of drug-likeness (QED) is 0.758. The van der Waals surface area contributed by atoms with Gasteiger partial charge in [0, 0.05) is 15.8 Å². The SMILES string of the molecule is O=S([O-])CCc1ccc(Cl)cc1Cl. The van der Waals surface area contributed by atoms with Crippen molar-refractivity contribution < 1.29 is 8.76 Å². The Morgan fingerprint density at radius 1 is 1.38 bits per heavy atom. The first-order valence-corrected chi connectivity index (χ1v) is 5.59. The maximum absolute atomic E-state index is 10.3. The molecule has 1 unspecified atom stereocenters. The van der Waals surface area contributed by atoms with Crippen LogP contribution in [0.2, 0.25) is 10.0 Å². The lowest BCUT2D eigenvalue weighted by atomic mass is 10.2. The van der Waals surface area contributed by atoms with Crippen molar-refractivity contribution in [2.24, 2.45) is 0 Å². The van der Waals surface area contributed by atoms with Crippen LogP contribution in [0.15, 0.2) is 18.2 Å². The minimum atomic E-state index is -2.02. The van der Waals surface area contributed by atoms with Gasteiger partial charge in [-0.05, 0) is 24.1 Å². The zero-order chi connectivity index (χ0) is 9.84. The summed E-state index contributed by atoms with van der Waals surface area (Å²) in [5.41, 5.74) is 0.801. The zero-order valence-electron chi connectivity index (χ0n) is 6.63. The van der Waals surface area contributed by atoms with Crippen molar-refractivity contribution in [3.8, 4) is 0 Å². The third-order valence-electron chi connectivity index (χ3n) is 1.55. The van der Waals surface area contributed by atoms with Gasteiger partial charge in [0.2, 0.25) is 0 Å². The maximum atomic E-state index is 10.3. The van der Waals surface area contributed by atoms with E-state index < -0.39 is 11.1 Å². The van der Waals surface area contributed by atoms with Gasteiger partial charge < -0.3 is 4.55 Å². The molecule has 13 heavy (non-hydrogen) atoms. The first-order valence-electron chi connectivity index (χ1n) is 3.59. The van der Waals surface area contributed by atoms with Gasteiger partial charge in [-0.25, -0.2) is 0 Å². The number of halogens is 2. The summed E-state index contributed by atoms with van der Waals surface area (Å²) in [5.74, 6) is 0.0847. The molecule has 1 rings (SSSR count). The first-order chi connectivity index (χ1) is 6.09. The molecular weight excluding hydrogens is 231 g/mol. The van der Waals surface area contributed by atoms with Gasteiger partial charge >= 0.3 is 0 Å². The minimum Gasteiger partial charge on any atom is -0.772 e. The Hall–Kier alpha value is -0.0900. The molecule has 0 radical (unpaired) electrons. The molecule has 0 bridgehead atoms. The Balaban J connectivity index is 2.72. The van der Waals surface area contributed by atoms with Crippen LogP contribution in [0.5, 0.6) is 0 Å². The van der Waals surface area contributed by atoms with E-state index in [0.29, 0.717) is 16.5 Å². The van der Waals surface area contributed by atoms with Crippen molar-refractivity contribution in [2.45, 2.75) is 6.42 Å². The summed E-state index contributed by atoms with van der Waals surface area (Å²) in [6.45, 7) is 0. The summed E-state index contributed by atoms with van der Waals surface area (Å²) in [7, 11) is 0. The van der Waals surface area contributed by atoms with Gasteiger partial charge in [0.25, 0.3) is 0 Å². The van der Waals surface area contributed by atoms with Crippen molar-refractivity contribution in [3.63, 3.8) is 0 Å². The molecule has 0 saturated carbocycles. The van der Waals surface area contributed by atoms with Gasteiger partial charge in [-0.3, -0.25) is 4.21 Å². The summed E-state index contributed by atoms with van der Waals surface area (Å²) >= 11 is 9.48. The van der Waals surface area contributed by atoms with Crippen LogP contribution in [0, 0.1) is 0 Å². The van der Waals surface area contributed by atoms with Crippen LogP contribution < -0.4 is 0 Å². The van der Waals surface area contributed by atoms with Crippen LogP contribution in [0.25, 0.3) is 0 Å². The molecular formula is C8H7Cl2O2S-. The Labute approximate surface area is 89.1 Å². The average Bonchev–Trinajstić information content (AvgIpc) is 2.02. The fraction of sp³-hybridized carbons (Fsp3) is 0.250. The topological polar surface area (TPSA) is 40.1 Å². The predicted molar refractivity (Wildman–Crippen MR) is 54.0 cm³/mol. The third-order valence-corrected chi connectivity index (χ3v) is 2.68. The van der Waals surface area contributed by atoms with E-state index in [1.807, 2.05) is 0 Å². The van der Waals surface area contributed by atoms with E-state index in [4.69, 9.17) is 23.2 Å². The molecule has 0 aliphatic heterocycles. The Bertz CT molecular complexity index is 328. The summed E-state index contributed by atoms with van der Waals surface area (Å²) < 4.78 is 20.6. The molecule has 1 aromatic rings. The van der Waals surface area contributed by atoms with Crippen molar-refractivity contribution in [1.82, 2.24) is 0 Å². The fourth-order valence-corrected chi connectivity index (χ4v) is 1.81. The van der Waals surface area contributed by atoms with Crippen molar-refractivity contribution in [3.05, 3.63) is 33.8 Å². The molecule has 0 aliphatic carbocycles. The number of benzene rings is 1. The lowest BCUT2D eigenvalue weighted by molar-refractivity contribution is 0.536. The molecule has 2 nitrogen and oxygen atoms in total. The highest BCUT2D eigenvalue weighted by atomic mass is 35.5. The largest absolute Gasteiger partial charge is 0.772 e. The second-order valence-corrected chi connectivity index (χ2v) is 4.35. The molecule has 5 heteroatoms. The molecule has 0 saturated heterocycles. The molecule has 0 N–H and O–H groups in total. The number of aryl methyl sites for hydroxylation is 1. The number of rotatable bonds is 3. The lowest BCUT2D eigenvalue weighted by Gasteiger charge is -2.06. The molecule has 0 amide bonds. The van der Waals surface area contributed by atoms with Crippen LogP contribution in [-0.4, -0.2) is 14.5 Å². The van der Waals surface area contributed by atoms with E-state index in [-0.39, 0.29) is 5.75 Å². The normalized spacial score (nSPS) is 12.8. The summed E-state index contributed by atoms with van der Waals surface area (Å²) in [6.07, 6.45) is 0.423. The van der Waals surface area contributed by atoms with E-state index in [1.54, 1.807) is 18.2 Å². The van der Waals surface area contributed by atoms with E-state index in [0.717, 1.165) is 5.56 Å². The van der Waals surface area contributed by atoms with Crippen LogP contribution in [0.3, 0.4) is 0 Å².